The number of alkyl halides is 2. The Morgan fingerprint density at radius 1 is 1.43 bits per heavy atom. The molecule has 1 aliphatic carbocycles. The van der Waals surface area contributed by atoms with Crippen molar-refractivity contribution in [3.63, 3.8) is 0 Å². The van der Waals surface area contributed by atoms with E-state index >= 15 is 0 Å². The van der Waals surface area contributed by atoms with Crippen molar-refractivity contribution in [2.45, 2.75) is 50.7 Å². The summed E-state index contributed by atoms with van der Waals surface area (Å²) in [6.07, 6.45) is 5.37. The third-order valence-corrected chi connectivity index (χ3v) is 3.90. The summed E-state index contributed by atoms with van der Waals surface area (Å²) >= 11 is 0. The fourth-order valence-electron chi connectivity index (χ4n) is 2.68. The number of nitrogens with zero attached hydrogens (tertiary/aromatic N) is 2. The quantitative estimate of drug-likeness (QED) is 0.722. The molecule has 130 valence electrons. The molecule has 0 atom stereocenters. The molecule has 1 saturated carbocycles. The molecule has 1 fully saturated rings. The first kappa shape index (κ1) is 17.5. The Balaban J connectivity index is 1.84. The first-order valence-corrected chi connectivity index (χ1v) is 7.64. The van der Waals surface area contributed by atoms with Crippen molar-refractivity contribution in [2.24, 2.45) is 7.05 Å². The lowest BCUT2D eigenvalue weighted by Crippen LogP contribution is -2.44. The Morgan fingerprint density at radius 3 is 2.70 bits per heavy atom. The van der Waals surface area contributed by atoms with Crippen LogP contribution >= 0.6 is 0 Å². The topological polar surface area (TPSA) is 88.4 Å². The SMILES string of the molecule is Cn1nc(NC(=O)NCC2(O)CCCCCC2)cc1OC(F)F. The maximum Gasteiger partial charge on any atom is 0.388 e. The predicted molar refractivity (Wildman–Crippen MR) is 79.5 cm³/mol. The van der Waals surface area contributed by atoms with Crippen molar-refractivity contribution < 1.29 is 23.4 Å². The summed E-state index contributed by atoms with van der Waals surface area (Å²) in [6, 6.07) is 0.649. The van der Waals surface area contributed by atoms with Crippen molar-refractivity contribution in [1.29, 1.82) is 0 Å². The van der Waals surface area contributed by atoms with Crippen LogP contribution < -0.4 is 15.4 Å². The summed E-state index contributed by atoms with van der Waals surface area (Å²) in [5.41, 5.74) is -0.887. The van der Waals surface area contributed by atoms with Crippen molar-refractivity contribution in [3.8, 4) is 5.88 Å². The molecule has 9 heteroatoms. The van der Waals surface area contributed by atoms with Gasteiger partial charge in [0.15, 0.2) is 5.82 Å². The molecule has 0 aromatic carbocycles. The van der Waals surface area contributed by atoms with Gasteiger partial charge in [-0.25, -0.2) is 9.48 Å². The largest absolute Gasteiger partial charge is 0.417 e. The zero-order valence-electron chi connectivity index (χ0n) is 13.0. The zero-order chi connectivity index (χ0) is 16.9. The van der Waals surface area contributed by atoms with Gasteiger partial charge in [0.25, 0.3) is 0 Å². The number of aliphatic hydroxyl groups is 1. The second kappa shape index (κ2) is 7.58. The van der Waals surface area contributed by atoms with E-state index in [2.05, 4.69) is 20.5 Å². The summed E-state index contributed by atoms with van der Waals surface area (Å²) in [4.78, 5) is 11.9. The van der Waals surface area contributed by atoms with Crippen LogP contribution in [0.2, 0.25) is 0 Å². The molecule has 0 spiro atoms. The summed E-state index contributed by atoms with van der Waals surface area (Å²) in [5, 5.41) is 19.3. The van der Waals surface area contributed by atoms with Gasteiger partial charge in [-0.3, -0.25) is 5.32 Å². The fraction of sp³-hybridized carbons (Fsp3) is 0.714. The average molecular weight is 332 g/mol. The zero-order valence-corrected chi connectivity index (χ0v) is 13.0. The molecule has 2 amide bonds. The molecule has 0 radical (unpaired) electrons. The molecule has 0 aliphatic heterocycles. The van der Waals surface area contributed by atoms with Crippen LogP contribution in [0.5, 0.6) is 5.88 Å². The number of aryl methyl sites for hydroxylation is 1. The monoisotopic (exact) mass is 332 g/mol. The van der Waals surface area contributed by atoms with Gasteiger partial charge in [-0.1, -0.05) is 25.7 Å². The normalized spacial score (nSPS) is 17.6. The molecule has 1 heterocycles. The lowest BCUT2D eigenvalue weighted by molar-refractivity contribution is -0.0553. The smallest absolute Gasteiger partial charge is 0.388 e. The van der Waals surface area contributed by atoms with Crippen LogP contribution in [0.1, 0.15) is 38.5 Å². The summed E-state index contributed by atoms with van der Waals surface area (Å²) in [7, 11) is 1.43. The van der Waals surface area contributed by atoms with E-state index in [1.807, 2.05) is 0 Å². The van der Waals surface area contributed by atoms with Crippen LogP contribution in [-0.2, 0) is 7.05 Å². The van der Waals surface area contributed by atoms with Crippen LogP contribution in [-0.4, -0.2) is 39.7 Å². The summed E-state index contributed by atoms with van der Waals surface area (Å²) < 4.78 is 29.7. The number of hydrogen-bond donors (Lipinski definition) is 3. The van der Waals surface area contributed by atoms with Crippen LogP contribution in [0.4, 0.5) is 19.4 Å². The summed E-state index contributed by atoms with van der Waals surface area (Å²) in [5.74, 6) is -0.0637. The number of rotatable bonds is 5. The predicted octanol–water partition coefficient (Wildman–Crippen LogP) is 2.23. The number of amides is 2. The third kappa shape index (κ3) is 5.34. The number of urea groups is 1. The highest BCUT2D eigenvalue weighted by atomic mass is 19.3. The Hall–Kier alpha value is -1.90. The van der Waals surface area contributed by atoms with Crippen LogP contribution in [0.3, 0.4) is 0 Å². The van der Waals surface area contributed by atoms with Crippen LogP contribution in [0, 0.1) is 0 Å². The standard InChI is InChI=1S/C14H22F2N4O3/c1-20-11(23-12(15)16)8-10(19-20)18-13(21)17-9-14(22)6-4-2-3-5-7-14/h8,12,22H,2-7,9H2,1H3,(H2,17,18,19,21). The van der Waals surface area contributed by atoms with Crippen LogP contribution in [0.25, 0.3) is 0 Å². The molecular formula is C14H22F2N4O3. The fourth-order valence-corrected chi connectivity index (χ4v) is 2.68. The van der Waals surface area contributed by atoms with Gasteiger partial charge in [-0.15, -0.1) is 0 Å². The number of carbonyl (C=O) groups excluding carboxylic acids is 1. The van der Waals surface area contributed by atoms with Crippen molar-refractivity contribution in [2.75, 3.05) is 11.9 Å². The first-order chi connectivity index (χ1) is 10.9. The lowest BCUT2D eigenvalue weighted by Gasteiger charge is -2.26. The molecule has 0 unspecified atom stereocenters. The number of aromatic nitrogens is 2. The Morgan fingerprint density at radius 2 is 2.09 bits per heavy atom. The number of carbonyl (C=O) groups is 1. The number of halogens is 2. The summed E-state index contributed by atoms with van der Waals surface area (Å²) in [6.45, 7) is -2.82. The van der Waals surface area contributed by atoms with E-state index in [9.17, 15) is 18.7 Å². The van der Waals surface area contributed by atoms with E-state index in [4.69, 9.17) is 0 Å². The highest BCUT2D eigenvalue weighted by Crippen LogP contribution is 2.26. The number of anilines is 1. The van der Waals surface area contributed by atoms with E-state index in [1.165, 1.54) is 13.1 Å². The van der Waals surface area contributed by atoms with Gasteiger partial charge in [0.1, 0.15) is 0 Å². The average Bonchev–Trinajstić information content (AvgIpc) is 2.68. The van der Waals surface area contributed by atoms with Crippen molar-refractivity contribution in [3.05, 3.63) is 6.07 Å². The molecule has 7 nitrogen and oxygen atoms in total. The number of nitrogens with one attached hydrogen (secondary N) is 2. The Bertz CT molecular complexity index is 528. The minimum Gasteiger partial charge on any atom is -0.417 e. The molecule has 3 N–H and O–H groups in total. The molecule has 0 bridgehead atoms. The minimum atomic E-state index is -2.96. The number of hydrogen-bond acceptors (Lipinski definition) is 4. The second-order valence-electron chi connectivity index (χ2n) is 5.82. The van der Waals surface area contributed by atoms with Gasteiger partial charge in [0.05, 0.1) is 5.60 Å². The number of ether oxygens (including phenoxy) is 1. The van der Waals surface area contributed by atoms with Gasteiger partial charge >= 0.3 is 12.6 Å². The molecule has 0 saturated heterocycles. The van der Waals surface area contributed by atoms with Gasteiger partial charge in [0, 0.05) is 19.7 Å². The lowest BCUT2D eigenvalue weighted by atomic mass is 9.95. The first-order valence-electron chi connectivity index (χ1n) is 7.64. The molecule has 23 heavy (non-hydrogen) atoms. The van der Waals surface area contributed by atoms with E-state index < -0.39 is 18.2 Å². The van der Waals surface area contributed by atoms with E-state index in [1.54, 1.807) is 0 Å². The molecule has 1 aromatic rings. The van der Waals surface area contributed by atoms with Gasteiger partial charge in [-0.05, 0) is 12.8 Å². The Kier molecular flexibility index (Phi) is 5.75. The molecule has 2 rings (SSSR count). The highest BCUT2D eigenvalue weighted by Gasteiger charge is 2.28. The molecular weight excluding hydrogens is 310 g/mol. The van der Waals surface area contributed by atoms with Crippen LogP contribution in [0.15, 0.2) is 6.07 Å². The third-order valence-electron chi connectivity index (χ3n) is 3.90. The Labute approximate surface area is 133 Å². The van der Waals surface area contributed by atoms with E-state index in [0.29, 0.717) is 12.8 Å². The molecule has 1 aromatic heterocycles. The van der Waals surface area contributed by atoms with Crippen molar-refractivity contribution in [1.82, 2.24) is 15.1 Å². The van der Waals surface area contributed by atoms with Gasteiger partial charge in [-0.2, -0.15) is 13.9 Å². The van der Waals surface area contributed by atoms with Crippen molar-refractivity contribution >= 4 is 11.8 Å². The molecule has 1 aliphatic rings. The maximum absolute atomic E-state index is 12.2. The van der Waals surface area contributed by atoms with Gasteiger partial charge < -0.3 is 15.2 Å². The van der Waals surface area contributed by atoms with Gasteiger partial charge in [0.2, 0.25) is 5.88 Å². The second-order valence-corrected chi connectivity index (χ2v) is 5.82. The minimum absolute atomic E-state index is 0.0912. The highest BCUT2D eigenvalue weighted by molar-refractivity contribution is 5.88. The van der Waals surface area contributed by atoms with E-state index in [-0.39, 0.29) is 18.2 Å². The maximum atomic E-state index is 12.2. The van der Waals surface area contributed by atoms with E-state index in [0.717, 1.165) is 30.4 Å².